The monoisotopic (exact) mass is 404 g/mol. The van der Waals surface area contributed by atoms with E-state index in [2.05, 4.69) is 76.6 Å². The van der Waals surface area contributed by atoms with Crippen LogP contribution in [0.4, 0.5) is 0 Å². The number of hydrogen-bond acceptors (Lipinski definition) is 4. The first-order chi connectivity index (χ1) is 14.2. The second-order valence-corrected chi connectivity index (χ2v) is 8.92. The summed E-state index contributed by atoms with van der Waals surface area (Å²) in [5.74, 6) is 0.689. The van der Waals surface area contributed by atoms with E-state index in [0.717, 1.165) is 24.2 Å². The maximum Gasteiger partial charge on any atom is 0.0480 e. The lowest BCUT2D eigenvalue weighted by Crippen LogP contribution is -2.37. The Labute approximate surface area is 177 Å². The highest BCUT2D eigenvalue weighted by Crippen LogP contribution is 2.33. The average molecular weight is 405 g/mol. The number of nitrogens with two attached hydrogens (primary N) is 1. The number of aromatic nitrogens is 1. The molecule has 150 valence electrons. The molecule has 5 heteroatoms. The molecule has 1 saturated heterocycles. The summed E-state index contributed by atoms with van der Waals surface area (Å²) in [6.07, 6.45) is 7.43. The molecule has 2 atom stereocenters. The molecule has 0 spiro atoms. The Bertz CT molecular complexity index is 1010. The number of fused-ring (bicyclic) bond motifs is 1. The van der Waals surface area contributed by atoms with Crippen molar-refractivity contribution in [1.82, 2.24) is 8.87 Å². The predicted molar refractivity (Wildman–Crippen MR) is 124 cm³/mol. The number of nitrogens with zero attached hydrogens (tertiary/aromatic N) is 2. The minimum Gasteiger partial charge on any atom is -0.404 e. The molecular weight excluding hydrogens is 376 g/mol. The van der Waals surface area contributed by atoms with Gasteiger partial charge in [-0.05, 0) is 73.5 Å². The van der Waals surface area contributed by atoms with Crippen LogP contribution in [0, 0.1) is 11.3 Å². The molecule has 2 aromatic carbocycles. The average Bonchev–Trinajstić information content (AvgIpc) is 3.14. The molecule has 1 fully saturated rings. The number of nitrogens with one attached hydrogen (secondary N) is 1. The quantitative estimate of drug-likeness (QED) is 0.427. The van der Waals surface area contributed by atoms with Crippen molar-refractivity contribution in [3.05, 3.63) is 72.6 Å². The molecule has 0 radical (unpaired) electrons. The Morgan fingerprint density at radius 1 is 1.21 bits per heavy atom. The summed E-state index contributed by atoms with van der Waals surface area (Å²) in [5.41, 5.74) is 8.63. The van der Waals surface area contributed by atoms with Gasteiger partial charge in [0.25, 0.3) is 0 Å². The highest BCUT2D eigenvalue weighted by atomic mass is 32.2. The van der Waals surface area contributed by atoms with E-state index in [4.69, 9.17) is 11.1 Å². The molecule has 0 saturated carbocycles. The highest BCUT2D eigenvalue weighted by Gasteiger charge is 2.26. The van der Waals surface area contributed by atoms with Crippen molar-refractivity contribution in [2.24, 2.45) is 11.7 Å². The number of benzene rings is 2. The van der Waals surface area contributed by atoms with Gasteiger partial charge in [0, 0.05) is 59.1 Å². The number of piperidine rings is 1. The van der Waals surface area contributed by atoms with Gasteiger partial charge >= 0.3 is 0 Å². The minimum absolute atomic E-state index is 0.567. The van der Waals surface area contributed by atoms with Crippen LogP contribution in [0.2, 0.25) is 0 Å². The second kappa shape index (κ2) is 8.89. The van der Waals surface area contributed by atoms with E-state index in [1.165, 1.54) is 41.1 Å². The molecule has 1 aromatic heterocycles. The van der Waals surface area contributed by atoms with E-state index < -0.39 is 0 Å². The third-order valence-corrected chi connectivity index (χ3v) is 7.04. The summed E-state index contributed by atoms with van der Waals surface area (Å²) in [4.78, 5) is 1.32. The molecule has 4 nitrogen and oxygen atoms in total. The van der Waals surface area contributed by atoms with E-state index in [9.17, 15) is 0 Å². The Hall–Kier alpha value is -2.50. The van der Waals surface area contributed by atoms with Gasteiger partial charge < -0.3 is 15.7 Å². The van der Waals surface area contributed by atoms with Crippen molar-refractivity contribution < 1.29 is 0 Å². The van der Waals surface area contributed by atoms with Crippen molar-refractivity contribution in [2.75, 3.05) is 6.54 Å². The first kappa shape index (κ1) is 19.8. The smallest absolute Gasteiger partial charge is 0.0480 e. The van der Waals surface area contributed by atoms with E-state index in [0.29, 0.717) is 12.0 Å². The summed E-state index contributed by atoms with van der Waals surface area (Å²) in [6.45, 7) is 4.53. The van der Waals surface area contributed by atoms with Crippen molar-refractivity contribution in [3.63, 3.8) is 0 Å². The first-order valence-electron chi connectivity index (χ1n) is 10.2. The van der Waals surface area contributed by atoms with Crippen LogP contribution < -0.4 is 5.73 Å². The van der Waals surface area contributed by atoms with Crippen molar-refractivity contribution in [3.8, 4) is 0 Å². The maximum absolute atomic E-state index is 7.50. The Morgan fingerprint density at radius 2 is 2.03 bits per heavy atom. The summed E-state index contributed by atoms with van der Waals surface area (Å²) in [6, 6.07) is 19.7. The van der Waals surface area contributed by atoms with E-state index in [1.807, 2.05) is 11.9 Å². The third-order valence-electron chi connectivity index (χ3n) is 5.78. The van der Waals surface area contributed by atoms with Crippen molar-refractivity contribution in [1.29, 1.82) is 5.41 Å². The Kier molecular flexibility index (Phi) is 6.07. The van der Waals surface area contributed by atoms with Crippen LogP contribution in [-0.2, 0) is 6.54 Å². The maximum atomic E-state index is 7.50. The number of allylic oxidation sites excluding steroid dienone is 1. The largest absolute Gasteiger partial charge is 0.404 e. The van der Waals surface area contributed by atoms with Crippen LogP contribution in [0.3, 0.4) is 0 Å². The van der Waals surface area contributed by atoms with Crippen molar-refractivity contribution >= 4 is 34.6 Å². The Morgan fingerprint density at radius 3 is 2.76 bits per heavy atom. The molecule has 3 N–H and O–H groups in total. The normalized spacial score (nSPS) is 20.8. The van der Waals surface area contributed by atoms with Gasteiger partial charge in [-0.2, -0.15) is 0 Å². The zero-order valence-electron chi connectivity index (χ0n) is 16.8. The fraction of sp³-hybridized carbons (Fsp3) is 0.292. The van der Waals surface area contributed by atoms with Crippen LogP contribution in [0.25, 0.3) is 16.5 Å². The van der Waals surface area contributed by atoms with E-state index >= 15 is 0 Å². The third kappa shape index (κ3) is 4.41. The van der Waals surface area contributed by atoms with Gasteiger partial charge in [-0.25, -0.2) is 4.31 Å². The molecule has 0 aliphatic carbocycles. The minimum atomic E-state index is 0.567. The van der Waals surface area contributed by atoms with Crippen LogP contribution in [0.15, 0.2) is 71.9 Å². The van der Waals surface area contributed by atoms with Gasteiger partial charge in [0.05, 0.1) is 0 Å². The molecule has 4 rings (SSSR count). The molecule has 2 heterocycles. The van der Waals surface area contributed by atoms with Gasteiger partial charge in [0.15, 0.2) is 0 Å². The zero-order valence-corrected chi connectivity index (χ0v) is 17.6. The lowest BCUT2D eigenvalue weighted by Gasteiger charge is -2.37. The zero-order chi connectivity index (χ0) is 20.2. The lowest BCUT2D eigenvalue weighted by atomic mass is 9.93. The predicted octanol–water partition coefficient (Wildman–Crippen LogP) is 5.40. The van der Waals surface area contributed by atoms with Gasteiger partial charge in [0.1, 0.15) is 0 Å². The standard InChI is InChI=1S/C24H28N4S/c1-18-13-19(9-12-28(18)29-23-5-3-2-4-6-23)17-27-11-10-21-14-20(7-8-24(21)27)22(15-25)16-26/h2-8,10-11,14-16,18-19,25H,9,12-13,17,26H2,1H3/b22-16+,25-15?. The molecule has 1 aliphatic heterocycles. The van der Waals surface area contributed by atoms with Gasteiger partial charge in [-0.1, -0.05) is 24.3 Å². The summed E-state index contributed by atoms with van der Waals surface area (Å²) < 4.78 is 4.91. The fourth-order valence-electron chi connectivity index (χ4n) is 4.21. The molecular formula is C24H28N4S. The topological polar surface area (TPSA) is 58.0 Å². The summed E-state index contributed by atoms with van der Waals surface area (Å²) in [7, 11) is 0. The SMILES string of the molecule is CC1CC(Cn2ccc3cc(/C(C=N)=C/N)ccc32)CCN1Sc1ccccc1. The first-order valence-corrected chi connectivity index (χ1v) is 11.0. The number of rotatable bonds is 6. The molecule has 0 bridgehead atoms. The second-order valence-electron chi connectivity index (χ2n) is 7.79. The number of hydrogen-bond donors (Lipinski definition) is 2. The van der Waals surface area contributed by atoms with Gasteiger partial charge in [0.2, 0.25) is 0 Å². The molecule has 29 heavy (non-hydrogen) atoms. The molecule has 2 unspecified atom stereocenters. The van der Waals surface area contributed by atoms with Crippen LogP contribution in [-0.4, -0.2) is 27.7 Å². The molecule has 1 aliphatic rings. The lowest BCUT2D eigenvalue weighted by molar-refractivity contribution is 0.209. The van der Waals surface area contributed by atoms with Crippen LogP contribution >= 0.6 is 11.9 Å². The fourth-order valence-corrected chi connectivity index (χ4v) is 5.22. The van der Waals surface area contributed by atoms with Gasteiger partial charge in [-0.15, -0.1) is 0 Å². The van der Waals surface area contributed by atoms with Crippen LogP contribution in [0.1, 0.15) is 25.3 Å². The highest BCUT2D eigenvalue weighted by molar-refractivity contribution is 7.97. The molecule has 0 amide bonds. The van der Waals surface area contributed by atoms with E-state index in [-0.39, 0.29) is 0 Å². The molecule has 3 aromatic rings. The Balaban J connectivity index is 1.42. The summed E-state index contributed by atoms with van der Waals surface area (Å²) >= 11 is 1.89. The van der Waals surface area contributed by atoms with Crippen molar-refractivity contribution in [2.45, 2.75) is 37.2 Å². The summed E-state index contributed by atoms with van der Waals surface area (Å²) in [5, 5.41) is 8.71. The van der Waals surface area contributed by atoms with Crippen LogP contribution in [0.5, 0.6) is 0 Å². The van der Waals surface area contributed by atoms with E-state index in [1.54, 1.807) is 0 Å². The van der Waals surface area contributed by atoms with Gasteiger partial charge in [-0.3, -0.25) is 0 Å².